The fraction of sp³-hybridized carbons (Fsp3) is 0.357. The van der Waals surface area contributed by atoms with Crippen LogP contribution < -0.4 is 14.8 Å². The van der Waals surface area contributed by atoms with Crippen molar-refractivity contribution in [1.29, 1.82) is 0 Å². The Balaban J connectivity index is 1.58. The molecule has 0 saturated carbocycles. The van der Waals surface area contributed by atoms with E-state index in [-0.39, 0.29) is 12.0 Å². The van der Waals surface area contributed by atoms with Gasteiger partial charge in [0, 0.05) is 0 Å². The van der Waals surface area contributed by atoms with Crippen LogP contribution in [-0.2, 0) is 6.42 Å². The van der Waals surface area contributed by atoms with Crippen LogP contribution in [0.2, 0.25) is 0 Å². The first-order chi connectivity index (χ1) is 10.3. The molecule has 1 aromatic carbocycles. The molecular formula is C14H15N3O3S. The van der Waals surface area contributed by atoms with Gasteiger partial charge in [-0.3, -0.25) is 4.79 Å². The van der Waals surface area contributed by atoms with Crippen molar-refractivity contribution >= 4 is 17.4 Å². The van der Waals surface area contributed by atoms with Crippen LogP contribution in [0.3, 0.4) is 0 Å². The van der Waals surface area contributed by atoms with Gasteiger partial charge < -0.3 is 14.8 Å². The zero-order valence-electron chi connectivity index (χ0n) is 11.5. The van der Waals surface area contributed by atoms with Crippen molar-refractivity contribution in [1.82, 2.24) is 14.9 Å². The van der Waals surface area contributed by atoms with Gasteiger partial charge in [-0.15, -0.1) is 5.10 Å². The molecule has 7 heteroatoms. The summed E-state index contributed by atoms with van der Waals surface area (Å²) in [6.45, 7) is 2.75. The molecule has 1 aliphatic heterocycles. The normalized spacial score (nSPS) is 16.5. The van der Waals surface area contributed by atoms with Crippen LogP contribution >= 0.6 is 11.5 Å². The molecule has 0 fully saturated rings. The van der Waals surface area contributed by atoms with E-state index in [1.54, 1.807) is 0 Å². The standard InChI is InChI=1S/C14H15N3O3S/c1-2-10-13(21-17-16-10)14(18)15-7-9-8-19-11-5-3-4-6-12(11)20-9/h3-6,9H,2,7-8H2,1H3,(H,15,18)/t9-/m0/s1. The van der Waals surface area contributed by atoms with Gasteiger partial charge >= 0.3 is 0 Å². The molecule has 1 aliphatic rings. The minimum Gasteiger partial charge on any atom is -0.486 e. The Morgan fingerprint density at radius 3 is 3.05 bits per heavy atom. The summed E-state index contributed by atoms with van der Waals surface area (Å²) < 4.78 is 15.2. The topological polar surface area (TPSA) is 73.3 Å². The third-order valence-electron chi connectivity index (χ3n) is 3.15. The summed E-state index contributed by atoms with van der Waals surface area (Å²) in [7, 11) is 0. The molecule has 0 spiro atoms. The summed E-state index contributed by atoms with van der Waals surface area (Å²) >= 11 is 1.11. The van der Waals surface area contributed by atoms with E-state index in [2.05, 4.69) is 14.9 Å². The maximum absolute atomic E-state index is 12.1. The molecule has 6 nitrogen and oxygen atoms in total. The first kappa shape index (κ1) is 13.8. The molecule has 110 valence electrons. The quantitative estimate of drug-likeness (QED) is 0.930. The largest absolute Gasteiger partial charge is 0.486 e. The highest BCUT2D eigenvalue weighted by molar-refractivity contribution is 7.08. The lowest BCUT2D eigenvalue weighted by Crippen LogP contribution is -2.40. The third-order valence-corrected chi connectivity index (χ3v) is 3.92. The lowest BCUT2D eigenvalue weighted by Gasteiger charge is -2.26. The summed E-state index contributed by atoms with van der Waals surface area (Å²) in [5.41, 5.74) is 0.726. The van der Waals surface area contributed by atoms with Gasteiger partial charge in [-0.05, 0) is 30.1 Å². The van der Waals surface area contributed by atoms with Gasteiger partial charge in [-0.2, -0.15) is 0 Å². The molecule has 0 aliphatic carbocycles. The maximum atomic E-state index is 12.1. The number of amides is 1. The number of hydrogen-bond donors (Lipinski definition) is 1. The molecule has 0 unspecified atom stereocenters. The lowest BCUT2D eigenvalue weighted by atomic mass is 10.2. The van der Waals surface area contributed by atoms with Gasteiger partial charge in [0.05, 0.1) is 12.2 Å². The average molecular weight is 305 g/mol. The van der Waals surface area contributed by atoms with Crippen molar-refractivity contribution in [3.63, 3.8) is 0 Å². The Kier molecular flexibility index (Phi) is 4.01. The van der Waals surface area contributed by atoms with E-state index in [0.717, 1.165) is 23.0 Å². The van der Waals surface area contributed by atoms with Crippen molar-refractivity contribution in [2.45, 2.75) is 19.4 Å². The highest BCUT2D eigenvalue weighted by Crippen LogP contribution is 2.30. The number of carbonyl (C=O) groups excluding carboxylic acids is 1. The molecule has 1 atom stereocenters. The first-order valence-corrected chi connectivity index (χ1v) is 7.53. The van der Waals surface area contributed by atoms with Crippen LogP contribution in [0.15, 0.2) is 24.3 Å². The summed E-state index contributed by atoms with van der Waals surface area (Å²) in [6.07, 6.45) is 0.491. The molecule has 1 amide bonds. The number of aryl methyl sites for hydroxylation is 1. The summed E-state index contributed by atoms with van der Waals surface area (Å²) in [6, 6.07) is 7.50. The van der Waals surface area contributed by atoms with Crippen LogP contribution in [-0.4, -0.2) is 34.7 Å². The Bertz CT molecular complexity index is 644. The van der Waals surface area contributed by atoms with E-state index < -0.39 is 0 Å². The SMILES string of the molecule is CCc1nnsc1C(=O)NC[C@H]1COc2ccccc2O1. The molecule has 3 rings (SSSR count). The van der Waals surface area contributed by atoms with E-state index in [9.17, 15) is 4.79 Å². The molecule has 0 radical (unpaired) electrons. The smallest absolute Gasteiger partial charge is 0.265 e. The second-order valence-electron chi connectivity index (χ2n) is 4.61. The molecule has 1 N–H and O–H groups in total. The van der Waals surface area contributed by atoms with Crippen molar-refractivity contribution < 1.29 is 14.3 Å². The number of fused-ring (bicyclic) bond motifs is 1. The Hall–Kier alpha value is -2.15. The predicted molar refractivity (Wildman–Crippen MR) is 78.0 cm³/mol. The molecule has 1 aromatic heterocycles. The molecule has 2 heterocycles. The second kappa shape index (κ2) is 6.09. The molecule has 0 bridgehead atoms. The van der Waals surface area contributed by atoms with E-state index in [4.69, 9.17) is 9.47 Å². The van der Waals surface area contributed by atoms with Crippen molar-refractivity contribution in [3.05, 3.63) is 34.8 Å². The fourth-order valence-electron chi connectivity index (χ4n) is 2.06. The Labute approximate surface area is 126 Å². The lowest BCUT2D eigenvalue weighted by molar-refractivity contribution is 0.0791. The van der Waals surface area contributed by atoms with Crippen molar-refractivity contribution in [3.8, 4) is 11.5 Å². The highest BCUT2D eigenvalue weighted by atomic mass is 32.1. The Morgan fingerprint density at radius 1 is 1.43 bits per heavy atom. The number of aromatic nitrogens is 2. The average Bonchev–Trinajstić information content (AvgIpc) is 3.01. The number of nitrogens with zero attached hydrogens (tertiary/aromatic N) is 2. The molecular weight excluding hydrogens is 290 g/mol. The minimum atomic E-state index is -0.199. The second-order valence-corrected chi connectivity index (χ2v) is 5.36. The van der Waals surface area contributed by atoms with E-state index >= 15 is 0 Å². The number of hydrogen-bond acceptors (Lipinski definition) is 6. The third kappa shape index (κ3) is 2.97. The van der Waals surface area contributed by atoms with Crippen molar-refractivity contribution in [2.24, 2.45) is 0 Å². The number of carbonyl (C=O) groups is 1. The van der Waals surface area contributed by atoms with Gasteiger partial charge in [0.1, 0.15) is 17.6 Å². The monoisotopic (exact) mass is 305 g/mol. The zero-order valence-corrected chi connectivity index (χ0v) is 12.4. The van der Waals surface area contributed by atoms with Crippen LogP contribution in [0.4, 0.5) is 0 Å². The van der Waals surface area contributed by atoms with Gasteiger partial charge in [0.15, 0.2) is 11.5 Å². The van der Waals surface area contributed by atoms with Gasteiger partial charge in [0.2, 0.25) is 0 Å². The molecule has 0 saturated heterocycles. The number of benzene rings is 1. The predicted octanol–water partition coefficient (Wildman–Crippen LogP) is 1.67. The van der Waals surface area contributed by atoms with Gasteiger partial charge in [-0.1, -0.05) is 23.5 Å². The van der Waals surface area contributed by atoms with E-state index in [0.29, 0.717) is 30.2 Å². The number of para-hydroxylation sites is 2. The number of ether oxygens (including phenoxy) is 2. The van der Waals surface area contributed by atoms with E-state index in [1.165, 1.54) is 0 Å². The fourth-order valence-corrected chi connectivity index (χ4v) is 2.73. The highest BCUT2D eigenvalue weighted by Gasteiger charge is 2.22. The number of nitrogens with one attached hydrogen (secondary N) is 1. The van der Waals surface area contributed by atoms with Crippen LogP contribution in [0.5, 0.6) is 11.5 Å². The van der Waals surface area contributed by atoms with Crippen LogP contribution in [0.25, 0.3) is 0 Å². The van der Waals surface area contributed by atoms with Gasteiger partial charge in [0.25, 0.3) is 5.91 Å². The molecule has 2 aromatic rings. The van der Waals surface area contributed by atoms with E-state index in [1.807, 2.05) is 31.2 Å². The summed E-state index contributed by atoms with van der Waals surface area (Å²) in [5, 5.41) is 6.78. The molecule has 21 heavy (non-hydrogen) atoms. The summed E-state index contributed by atoms with van der Waals surface area (Å²) in [4.78, 5) is 12.7. The van der Waals surface area contributed by atoms with Crippen LogP contribution in [0.1, 0.15) is 22.3 Å². The minimum absolute atomic E-state index is 0.163. The first-order valence-electron chi connectivity index (χ1n) is 6.76. The Morgan fingerprint density at radius 2 is 2.24 bits per heavy atom. The van der Waals surface area contributed by atoms with Crippen molar-refractivity contribution in [2.75, 3.05) is 13.2 Å². The summed E-state index contributed by atoms with van der Waals surface area (Å²) in [5.74, 6) is 1.28. The van der Waals surface area contributed by atoms with Crippen LogP contribution in [0, 0.1) is 0 Å². The zero-order chi connectivity index (χ0) is 14.7. The maximum Gasteiger partial charge on any atom is 0.265 e. The number of rotatable bonds is 4. The van der Waals surface area contributed by atoms with Gasteiger partial charge in [-0.25, -0.2) is 0 Å².